The van der Waals surface area contributed by atoms with Gasteiger partial charge in [0.15, 0.2) is 0 Å². The van der Waals surface area contributed by atoms with Crippen molar-refractivity contribution >= 4 is 38.9 Å². The molecule has 2 aromatic heterocycles. The predicted octanol–water partition coefficient (Wildman–Crippen LogP) is 3.57. The quantitative estimate of drug-likeness (QED) is 0.692. The van der Waals surface area contributed by atoms with Crippen LogP contribution in [0, 0.1) is 5.92 Å². The van der Waals surface area contributed by atoms with Crippen LogP contribution in [0.25, 0.3) is 10.1 Å². The number of halogens is 1. The van der Waals surface area contributed by atoms with E-state index >= 15 is 0 Å². The molecule has 1 N–H and O–H groups in total. The third kappa shape index (κ3) is 3.61. The second-order valence-electron chi connectivity index (χ2n) is 7.98. The Morgan fingerprint density at radius 2 is 2.03 bits per heavy atom. The molecule has 5 nitrogen and oxygen atoms in total. The van der Waals surface area contributed by atoms with Gasteiger partial charge in [0.05, 0.1) is 4.88 Å². The molecular weight excluding hydrogens is 406 g/mol. The molecule has 0 unspecified atom stereocenters. The normalized spacial score (nSPS) is 21.1. The first-order chi connectivity index (χ1) is 14.1. The molecule has 1 amide bonds. The molecule has 0 radical (unpaired) electrons. The number of carbonyl (C=O) groups is 1. The van der Waals surface area contributed by atoms with Gasteiger partial charge in [-0.05, 0) is 36.6 Å². The SMILES string of the molecule is O=C(NCCN1C[C@H]2C[C@@H](C1)c1cccc(=O)n1C2)c1cc2c(Cl)cccc2s1. The second kappa shape index (κ2) is 7.59. The predicted molar refractivity (Wildman–Crippen MR) is 117 cm³/mol. The van der Waals surface area contributed by atoms with Crippen LogP contribution in [0.4, 0.5) is 0 Å². The number of pyridine rings is 1. The fourth-order valence-corrected chi connectivity index (χ4v) is 6.02. The van der Waals surface area contributed by atoms with Crippen LogP contribution in [0.1, 0.15) is 27.7 Å². The molecule has 5 rings (SSSR count). The number of amides is 1. The summed E-state index contributed by atoms with van der Waals surface area (Å²) < 4.78 is 2.98. The van der Waals surface area contributed by atoms with E-state index in [1.807, 2.05) is 34.9 Å². The van der Waals surface area contributed by atoms with E-state index in [1.165, 1.54) is 11.3 Å². The lowest BCUT2D eigenvalue weighted by molar-refractivity contribution is 0.0931. The summed E-state index contributed by atoms with van der Waals surface area (Å²) in [5.41, 5.74) is 1.27. The molecule has 150 valence electrons. The highest BCUT2D eigenvalue weighted by Gasteiger charge is 2.34. The summed E-state index contributed by atoms with van der Waals surface area (Å²) in [7, 11) is 0. The van der Waals surface area contributed by atoms with Crippen LogP contribution in [0.2, 0.25) is 5.02 Å². The van der Waals surface area contributed by atoms with Crippen LogP contribution in [0.5, 0.6) is 0 Å². The molecule has 7 heteroatoms. The monoisotopic (exact) mass is 427 g/mol. The molecule has 0 aliphatic carbocycles. The maximum atomic E-state index is 12.6. The van der Waals surface area contributed by atoms with Crippen molar-refractivity contribution < 1.29 is 4.79 Å². The number of thiophene rings is 1. The number of nitrogens with one attached hydrogen (secondary N) is 1. The Balaban J connectivity index is 1.21. The number of hydrogen-bond acceptors (Lipinski definition) is 4. The van der Waals surface area contributed by atoms with E-state index in [2.05, 4.69) is 16.3 Å². The number of likely N-dealkylation sites (tertiary alicyclic amines) is 1. The fraction of sp³-hybridized carbons (Fsp3) is 0.364. The molecule has 2 atom stereocenters. The summed E-state index contributed by atoms with van der Waals surface area (Å²) in [5.74, 6) is 0.856. The average molecular weight is 428 g/mol. The molecule has 3 aromatic rings. The number of piperidine rings is 1. The molecule has 2 aliphatic rings. The summed E-state index contributed by atoms with van der Waals surface area (Å²) in [4.78, 5) is 27.8. The number of hydrogen-bond donors (Lipinski definition) is 1. The van der Waals surface area contributed by atoms with Crippen LogP contribution in [-0.2, 0) is 6.54 Å². The van der Waals surface area contributed by atoms with Gasteiger partial charge in [-0.25, -0.2) is 0 Å². The smallest absolute Gasteiger partial charge is 0.261 e. The zero-order chi connectivity index (χ0) is 20.0. The Morgan fingerprint density at radius 1 is 1.17 bits per heavy atom. The van der Waals surface area contributed by atoms with Crippen LogP contribution in [0.15, 0.2) is 47.3 Å². The number of aromatic nitrogens is 1. The lowest BCUT2D eigenvalue weighted by Crippen LogP contribution is -2.48. The van der Waals surface area contributed by atoms with Gasteiger partial charge in [0.25, 0.3) is 11.5 Å². The van der Waals surface area contributed by atoms with Crippen LogP contribution in [0.3, 0.4) is 0 Å². The van der Waals surface area contributed by atoms with E-state index in [9.17, 15) is 9.59 Å². The van der Waals surface area contributed by atoms with Gasteiger partial charge in [-0.3, -0.25) is 9.59 Å². The maximum Gasteiger partial charge on any atom is 0.261 e. The fourth-order valence-electron chi connectivity index (χ4n) is 4.73. The highest BCUT2D eigenvalue weighted by molar-refractivity contribution is 7.20. The van der Waals surface area contributed by atoms with E-state index < -0.39 is 0 Å². The molecule has 29 heavy (non-hydrogen) atoms. The van der Waals surface area contributed by atoms with Crippen molar-refractivity contribution in [3.63, 3.8) is 0 Å². The molecule has 0 saturated carbocycles. The lowest BCUT2D eigenvalue weighted by atomic mass is 9.83. The van der Waals surface area contributed by atoms with E-state index in [4.69, 9.17) is 11.6 Å². The molecule has 4 heterocycles. The highest BCUT2D eigenvalue weighted by atomic mass is 35.5. The first kappa shape index (κ1) is 18.9. The second-order valence-corrected chi connectivity index (χ2v) is 9.47. The molecular formula is C22H22ClN3O2S. The van der Waals surface area contributed by atoms with E-state index in [1.54, 1.807) is 6.07 Å². The molecule has 0 spiro atoms. The highest BCUT2D eigenvalue weighted by Crippen LogP contribution is 2.35. The van der Waals surface area contributed by atoms with Gasteiger partial charge in [0.2, 0.25) is 0 Å². The van der Waals surface area contributed by atoms with Crippen molar-refractivity contribution in [2.24, 2.45) is 5.92 Å². The Bertz CT molecular complexity index is 1140. The summed E-state index contributed by atoms with van der Waals surface area (Å²) in [6, 6.07) is 13.2. The topological polar surface area (TPSA) is 54.3 Å². The van der Waals surface area contributed by atoms with Crippen molar-refractivity contribution in [2.45, 2.75) is 18.9 Å². The van der Waals surface area contributed by atoms with Crippen molar-refractivity contribution in [1.29, 1.82) is 0 Å². The number of benzene rings is 1. The summed E-state index contributed by atoms with van der Waals surface area (Å²) in [5, 5.41) is 4.66. The molecule has 1 saturated heterocycles. The third-order valence-electron chi connectivity index (χ3n) is 6.00. The van der Waals surface area contributed by atoms with Crippen molar-refractivity contribution in [1.82, 2.24) is 14.8 Å². The Hall–Kier alpha value is -2.15. The van der Waals surface area contributed by atoms with Gasteiger partial charge in [0, 0.05) is 65.5 Å². The van der Waals surface area contributed by atoms with Gasteiger partial charge in [-0.2, -0.15) is 0 Å². The van der Waals surface area contributed by atoms with Gasteiger partial charge in [0.1, 0.15) is 0 Å². The maximum absolute atomic E-state index is 12.6. The molecule has 2 aliphatic heterocycles. The summed E-state index contributed by atoms with van der Waals surface area (Å²) in [6.07, 6.45) is 1.15. The largest absolute Gasteiger partial charge is 0.350 e. The zero-order valence-electron chi connectivity index (χ0n) is 15.9. The third-order valence-corrected chi connectivity index (χ3v) is 7.43. The zero-order valence-corrected chi connectivity index (χ0v) is 17.5. The van der Waals surface area contributed by atoms with Gasteiger partial charge >= 0.3 is 0 Å². The van der Waals surface area contributed by atoms with Crippen molar-refractivity contribution in [2.75, 3.05) is 26.2 Å². The summed E-state index contributed by atoms with van der Waals surface area (Å²) >= 11 is 7.69. The number of fused-ring (bicyclic) bond motifs is 5. The minimum Gasteiger partial charge on any atom is -0.350 e. The average Bonchev–Trinajstić information content (AvgIpc) is 3.15. The van der Waals surface area contributed by atoms with Crippen LogP contribution in [-0.4, -0.2) is 41.6 Å². The van der Waals surface area contributed by atoms with Crippen LogP contribution < -0.4 is 10.9 Å². The Kier molecular flexibility index (Phi) is 4.94. The van der Waals surface area contributed by atoms with E-state index in [-0.39, 0.29) is 11.5 Å². The number of rotatable bonds is 4. The van der Waals surface area contributed by atoms with E-state index in [0.29, 0.717) is 28.3 Å². The molecule has 1 fully saturated rings. The van der Waals surface area contributed by atoms with Gasteiger partial charge < -0.3 is 14.8 Å². The minimum atomic E-state index is -0.0450. The van der Waals surface area contributed by atoms with E-state index in [0.717, 1.165) is 48.4 Å². The van der Waals surface area contributed by atoms with Crippen molar-refractivity contribution in [3.8, 4) is 0 Å². The van der Waals surface area contributed by atoms with Gasteiger partial charge in [-0.15, -0.1) is 11.3 Å². The summed E-state index contributed by atoms with van der Waals surface area (Å²) in [6.45, 7) is 4.15. The standard InChI is InChI=1S/C22H22ClN3O2S/c23-17-3-1-5-19-16(17)10-20(29-19)22(28)24-7-8-25-11-14-9-15(13-25)18-4-2-6-21(27)26(18)12-14/h1-6,10,14-15H,7-9,11-13H2,(H,24,28)/t14-,15+/m1/s1. The lowest BCUT2D eigenvalue weighted by Gasteiger charge is -2.42. The van der Waals surface area contributed by atoms with Crippen LogP contribution >= 0.6 is 22.9 Å². The number of nitrogens with zero attached hydrogens (tertiary/aromatic N) is 2. The Labute approximate surface area is 177 Å². The van der Waals surface area contributed by atoms with Crippen molar-refractivity contribution in [3.05, 3.63) is 68.4 Å². The molecule has 1 aromatic carbocycles. The Morgan fingerprint density at radius 3 is 2.90 bits per heavy atom. The number of carbonyl (C=O) groups excluding carboxylic acids is 1. The first-order valence-electron chi connectivity index (χ1n) is 9.97. The minimum absolute atomic E-state index is 0.0450. The molecule has 2 bridgehead atoms. The van der Waals surface area contributed by atoms with Gasteiger partial charge in [-0.1, -0.05) is 23.7 Å². The first-order valence-corrected chi connectivity index (χ1v) is 11.2.